The lowest BCUT2D eigenvalue weighted by Gasteiger charge is -2.15. The maximum absolute atomic E-state index is 11.7. The molecule has 2 aromatic heterocycles. The van der Waals surface area contributed by atoms with Crippen molar-refractivity contribution in [3.8, 4) is 17.5 Å². The van der Waals surface area contributed by atoms with Crippen LogP contribution in [-0.2, 0) is 4.79 Å². The van der Waals surface area contributed by atoms with E-state index in [1.807, 2.05) is 25.1 Å². The highest BCUT2D eigenvalue weighted by Crippen LogP contribution is 2.29. The molecule has 29 heavy (non-hydrogen) atoms. The Labute approximate surface area is 174 Å². The molecule has 1 amide bonds. The van der Waals surface area contributed by atoms with Crippen LogP contribution in [0, 0.1) is 11.3 Å². The van der Waals surface area contributed by atoms with Crippen molar-refractivity contribution in [1.29, 1.82) is 5.26 Å². The van der Waals surface area contributed by atoms with Gasteiger partial charge in [-0.1, -0.05) is 13.0 Å². The Balaban J connectivity index is 1.95. The average molecular weight is 450 g/mol. The Morgan fingerprint density at radius 3 is 2.69 bits per heavy atom. The van der Waals surface area contributed by atoms with Crippen molar-refractivity contribution in [2.24, 2.45) is 5.73 Å². The number of nitrogens with one attached hydrogen (secondary N) is 1. The molecule has 144 valence electrons. The number of benzene rings is 2. The molecule has 0 spiro atoms. The van der Waals surface area contributed by atoms with Gasteiger partial charge in [-0.2, -0.15) is 9.78 Å². The van der Waals surface area contributed by atoms with Crippen molar-refractivity contribution >= 4 is 44.3 Å². The van der Waals surface area contributed by atoms with Gasteiger partial charge in [0.25, 0.3) is 0 Å². The molecular formula is C20H16BrN7O. The van der Waals surface area contributed by atoms with E-state index in [0.717, 1.165) is 15.4 Å². The maximum Gasteiger partial charge on any atom is 0.239 e. The second-order valence-electron chi connectivity index (χ2n) is 6.44. The van der Waals surface area contributed by atoms with Gasteiger partial charge in [-0.05, 0) is 58.7 Å². The lowest BCUT2D eigenvalue weighted by Crippen LogP contribution is -2.35. The quantitative estimate of drug-likeness (QED) is 0.481. The Morgan fingerprint density at radius 2 is 2.03 bits per heavy atom. The molecule has 4 aromatic rings. The molecule has 0 saturated heterocycles. The van der Waals surface area contributed by atoms with Crippen LogP contribution in [0.4, 0.5) is 5.95 Å². The van der Waals surface area contributed by atoms with Gasteiger partial charge in [0.05, 0.1) is 17.1 Å². The van der Waals surface area contributed by atoms with Gasteiger partial charge >= 0.3 is 0 Å². The Hall–Kier alpha value is -3.51. The summed E-state index contributed by atoms with van der Waals surface area (Å²) in [6.07, 6.45) is 0.504. The van der Waals surface area contributed by atoms with Gasteiger partial charge in [-0.3, -0.25) is 4.79 Å². The number of rotatable bonds is 5. The van der Waals surface area contributed by atoms with Gasteiger partial charge in [0.15, 0.2) is 11.5 Å². The van der Waals surface area contributed by atoms with Crippen LogP contribution >= 0.6 is 15.9 Å². The molecule has 0 saturated carbocycles. The first-order valence-electron chi connectivity index (χ1n) is 8.93. The molecule has 0 aliphatic carbocycles. The molecule has 2 heterocycles. The zero-order valence-corrected chi connectivity index (χ0v) is 17.0. The van der Waals surface area contributed by atoms with E-state index in [9.17, 15) is 4.79 Å². The monoisotopic (exact) mass is 449 g/mol. The third kappa shape index (κ3) is 3.39. The van der Waals surface area contributed by atoms with Crippen LogP contribution in [0.1, 0.15) is 18.9 Å². The SMILES string of the molecule is CCC(Nc1nc2c(Br)cccc2c2nc(-c3ccc(C#N)cc3)nn12)C(N)=O. The van der Waals surface area contributed by atoms with Crippen LogP contribution in [0.3, 0.4) is 0 Å². The standard InChI is InChI=1S/C20H16BrN7O/c1-2-15(17(23)29)24-20-25-16-13(4-3-5-14(16)21)19-26-18(27-28(19)20)12-8-6-11(10-22)7-9-12/h3-9,15H,2H2,1H3,(H2,23,29)(H,24,25). The molecule has 9 heteroatoms. The maximum atomic E-state index is 11.7. The van der Waals surface area contributed by atoms with Gasteiger partial charge in [-0.25, -0.2) is 9.97 Å². The highest BCUT2D eigenvalue weighted by atomic mass is 79.9. The summed E-state index contributed by atoms with van der Waals surface area (Å²) in [5.41, 5.74) is 8.11. The topological polar surface area (TPSA) is 122 Å². The summed E-state index contributed by atoms with van der Waals surface area (Å²) in [4.78, 5) is 21.1. The fraction of sp³-hybridized carbons (Fsp3) is 0.150. The van der Waals surface area contributed by atoms with Crippen LogP contribution < -0.4 is 11.1 Å². The molecule has 1 unspecified atom stereocenters. The highest BCUT2D eigenvalue weighted by Gasteiger charge is 2.20. The van der Waals surface area contributed by atoms with Crippen LogP contribution in [0.2, 0.25) is 0 Å². The minimum absolute atomic E-state index is 0.373. The van der Waals surface area contributed by atoms with E-state index in [2.05, 4.69) is 37.4 Å². The smallest absolute Gasteiger partial charge is 0.239 e. The van der Waals surface area contributed by atoms with Crippen LogP contribution in [-0.4, -0.2) is 31.5 Å². The number of carbonyl (C=O) groups excluding carboxylic acids is 1. The largest absolute Gasteiger partial charge is 0.368 e. The number of nitrogens with zero attached hydrogens (tertiary/aromatic N) is 5. The summed E-state index contributed by atoms with van der Waals surface area (Å²) in [6.45, 7) is 1.86. The first-order valence-corrected chi connectivity index (χ1v) is 9.72. The normalized spacial score (nSPS) is 12.0. The first kappa shape index (κ1) is 18.8. The molecule has 4 rings (SSSR count). The minimum atomic E-state index is -0.590. The fourth-order valence-electron chi connectivity index (χ4n) is 3.04. The van der Waals surface area contributed by atoms with E-state index in [-0.39, 0.29) is 0 Å². The number of para-hydroxylation sites is 1. The minimum Gasteiger partial charge on any atom is -0.368 e. The molecule has 2 aromatic carbocycles. The van der Waals surface area contributed by atoms with Gasteiger partial charge < -0.3 is 11.1 Å². The summed E-state index contributed by atoms with van der Waals surface area (Å²) in [5.74, 6) is 0.387. The number of halogens is 1. The number of fused-ring (bicyclic) bond motifs is 3. The lowest BCUT2D eigenvalue weighted by molar-refractivity contribution is -0.118. The number of aromatic nitrogens is 4. The molecule has 0 fully saturated rings. The van der Waals surface area contributed by atoms with Crippen LogP contribution in [0.15, 0.2) is 46.9 Å². The Kier molecular flexibility index (Phi) is 4.86. The predicted octanol–water partition coefficient (Wildman–Crippen LogP) is 3.25. The number of nitrogens with two attached hydrogens (primary N) is 1. The number of nitriles is 1. The van der Waals surface area contributed by atoms with Crippen LogP contribution in [0.25, 0.3) is 27.9 Å². The van der Waals surface area contributed by atoms with Gasteiger partial charge in [0.1, 0.15) is 6.04 Å². The van der Waals surface area contributed by atoms with E-state index >= 15 is 0 Å². The summed E-state index contributed by atoms with van der Waals surface area (Å²) in [7, 11) is 0. The number of hydrogen-bond acceptors (Lipinski definition) is 6. The molecule has 1 atom stereocenters. The van der Waals surface area contributed by atoms with E-state index in [4.69, 9.17) is 16.0 Å². The molecule has 0 aliphatic rings. The lowest BCUT2D eigenvalue weighted by atomic mass is 10.1. The highest BCUT2D eigenvalue weighted by molar-refractivity contribution is 9.10. The van der Waals surface area contributed by atoms with Crippen molar-refractivity contribution < 1.29 is 4.79 Å². The van der Waals surface area contributed by atoms with Crippen molar-refractivity contribution in [3.05, 3.63) is 52.5 Å². The summed E-state index contributed by atoms with van der Waals surface area (Å²) in [5, 5.41) is 17.5. The van der Waals surface area contributed by atoms with Crippen molar-refractivity contribution in [2.75, 3.05) is 5.32 Å². The fourth-order valence-corrected chi connectivity index (χ4v) is 3.49. The van der Waals surface area contributed by atoms with Crippen molar-refractivity contribution in [2.45, 2.75) is 19.4 Å². The van der Waals surface area contributed by atoms with E-state index in [0.29, 0.717) is 34.9 Å². The zero-order chi connectivity index (χ0) is 20.5. The van der Waals surface area contributed by atoms with Crippen molar-refractivity contribution in [1.82, 2.24) is 19.6 Å². The number of primary amides is 1. The third-order valence-corrected chi connectivity index (χ3v) is 5.22. The number of amides is 1. The van der Waals surface area contributed by atoms with Gasteiger partial charge in [0, 0.05) is 15.4 Å². The molecular weight excluding hydrogens is 434 g/mol. The van der Waals surface area contributed by atoms with Gasteiger partial charge in [0.2, 0.25) is 11.9 Å². The number of anilines is 1. The molecule has 0 radical (unpaired) electrons. The second kappa shape index (κ2) is 7.48. The molecule has 0 bridgehead atoms. The summed E-state index contributed by atoms with van der Waals surface area (Å²) < 4.78 is 2.38. The van der Waals surface area contributed by atoms with Crippen molar-refractivity contribution in [3.63, 3.8) is 0 Å². The second-order valence-corrected chi connectivity index (χ2v) is 7.29. The number of hydrogen-bond donors (Lipinski definition) is 2. The molecule has 3 N–H and O–H groups in total. The molecule has 0 aliphatic heterocycles. The zero-order valence-electron chi connectivity index (χ0n) is 15.4. The first-order chi connectivity index (χ1) is 14.0. The van der Waals surface area contributed by atoms with Crippen LogP contribution in [0.5, 0.6) is 0 Å². The average Bonchev–Trinajstić information content (AvgIpc) is 3.18. The van der Waals surface area contributed by atoms with E-state index < -0.39 is 11.9 Å². The summed E-state index contributed by atoms with van der Waals surface area (Å²) in [6, 6.07) is 14.2. The van der Waals surface area contributed by atoms with E-state index in [1.54, 1.807) is 28.8 Å². The number of carbonyl (C=O) groups is 1. The Morgan fingerprint density at radius 1 is 1.28 bits per heavy atom. The third-order valence-electron chi connectivity index (χ3n) is 4.58. The van der Waals surface area contributed by atoms with Gasteiger partial charge in [-0.15, -0.1) is 5.10 Å². The summed E-state index contributed by atoms with van der Waals surface area (Å²) >= 11 is 3.53. The predicted molar refractivity (Wildman–Crippen MR) is 113 cm³/mol. The van der Waals surface area contributed by atoms with E-state index in [1.165, 1.54) is 0 Å². The Bertz CT molecular complexity index is 1270. The molecule has 8 nitrogen and oxygen atoms in total.